The summed E-state index contributed by atoms with van der Waals surface area (Å²) >= 11 is 0. The molecule has 0 saturated heterocycles. The maximum absolute atomic E-state index is 9.07. The number of aryl methyl sites for hydroxylation is 1. The summed E-state index contributed by atoms with van der Waals surface area (Å²) in [4.78, 5) is 2.15. The molecule has 1 unspecified atom stereocenters. The van der Waals surface area contributed by atoms with Gasteiger partial charge in [0.15, 0.2) is 0 Å². The van der Waals surface area contributed by atoms with Crippen molar-refractivity contribution in [1.29, 1.82) is 0 Å². The zero-order valence-corrected chi connectivity index (χ0v) is 10.4. The zero-order chi connectivity index (χ0) is 12.2. The lowest BCUT2D eigenvalue weighted by Gasteiger charge is -2.26. The molecule has 3 N–H and O–H groups in total. The van der Waals surface area contributed by atoms with Crippen LogP contribution in [0.15, 0.2) is 24.3 Å². The Morgan fingerprint density at radius 1 is 1.31 bits per heavy atom. The van der Waals surface area contributed by atoms with Gasteiger partial charge in [-0.25, -0.2) is 0 Å². The first-order chi connectivity index (χ1) is 7.44. The van der Waals surface area contributed by atoms with Crippen molar-refractivity contribution < 1.29 is 5.11 Å². The Morgan fingerprint density at radius 2 is 1.88 bits per heavy atom. The highest BCUT2D eigenvalue weighted by atomic mass is 16.3. The predicted molar refractivity (Wildman–Crippen MR) is 68.7 cm³/mol. The molecule has 0 heterocycles. The fourth-order valence-electron chi connectivity index (χ4n) is 1.43. The molecule has 0 amide bonds. The SMILES string of the molecule is Cc1ccc(N(C)CCC(C)(N)CO)cc1. The number of nitrogens with two attached hydrogens (primary N) is 1. The van der Waals surface area contributed by atoms with Gasteiger partial charge < -0.3 is 15.7 Å². The molecule has 0 bridgehead atoms. The van der Waals surface area contributed by atoms with Crippen molar-refractivity contribution in [1.82, 2.24) is 0 Å². The fraction of sp³-hybridized carbons (Fsp3) is 0.538. The number of nitrogens with zero attached hydrogens (tertiary/aromatic N) is 1. The lowest BCUT2D eigenvalue weighted by molar-refractivity contribution is 0.202. The van der Waals surface area contributed by atoms with Crippen molar-refractivity contribution in [2.24, 2.45) is 5.73 Å². The van der Waals surface area contributed by atoms with E-state index >= 15 is 0 Å². The molecule has 0 fully saturated rings. The molecule has 3 nitrogen and oxygen atoms in total. The normalized spacial score (nSPS) is 14.6. The molecule has 0 aliphatic rings. The molecule has 1 atom stereocenters. The van der Waals surface area contributed by atoms with Crippen LogP contribution in [0, 0.1) is 6.92 Å². The highest BCUT2D eigenvalue weighted by molar-refractivity contribution is 5.46. The quantitative estimate of drug-likeness (QED) is 0.794. The number of hydrogen-bond acceptors (Lipinski definition) is 3. The highest BCUT2D eigenvalue weighted by Crippen LogP contribution is 2.15. The van der Waals surface area contributed by atoms with E-state index in [-0.39, 0.29) is 6.61 Å². The second-order valence-corrected chi connectivity index (χ2v) is 4.82. The maximum Gasteiger partial charge on any atom is 0.0609 e. The largest absolute Gasteiger partial charge is 0.394 e. The molecule has 3 heteroatoms. The third-order valence-electron chi connectivity index (χ3n) is 2.85. The van der Waals surface area contributed by atoms with Gasteiger partial charge >= 0.3 is 0 Å². The summed E-state index contributed by atoms with van der Waals surface area (Å²) in [6.07, 6.45) is 0.772. The standard InChI is InChI=1S/C13H22N2O/c1-11-4-6-12(7-5-11)15(3)9-8-13(2,14)10-16/h4-7,16H,8-10,14H2,1-3H3. The van der Waals surface area contributed by atoms with Crippen LogP contribution in [0.1, 0.15) is 18.9 Å². The lowest BCUT2D eigenvalue weighted by atomic mass is 10.0. The second kappa shape index (κ2) is 5.32. The smallest absolute Gasteiger partial charge is 0.0609 e. The minimum Gasteiger partial charge on any atom is -0.394 e. The van der Waals surface area contributed by atoms with Crippen LogP contribution in [0.3, 0.4) is 0 Å². The Balaban J connectivity index is 2.53. The topological polar surface area (TPSA) is 49.5 Å². The minimum atomic E-state index is -0.487. The van der Waals surface area contributed by atoms with Crippen molar-refractivity contribution in [3.8, 4) is 0 Å². The number of rotatable bonds is 5. The van der Waals surface area contributed by atoms with Gasteiger partial charge in [-0.15, -0.1) is 0 Å². The second-order valence-electron chi connectivity index (χ2n) is 4.82. The van der Waals surface area contributed by atoms with E-state index in [1.807, 2.05) is 14.0 Å². The van der Waals surface area contributed by atoms with E-state index in [2.05, 4.69) is 36.1 Å². The summed E-state index contributed by atoms with van der Waals surface area (Å²) in [6, 6.07) is 8.39. The highest BCUT2D eigenvalue weighted by Gasteiger charge is 2.17. The van der Waals surface area contributed by atoms with Crippen LogP contribution < -0.4 is 10.6 Å². The van der Waals surface area contributed by atoms with Gasteiger partial charge in [-0.3, -0.25) is 0 Å². The monoisotopic (exact) mass is 222 g/mol. The fourth-order valence-corrected chi connectivity index (χ4v) is 1.43. The first-order valence-electron chi connectivity index (χ1n) is 5.62. The van der Waals surface area contributed by atoms with Crippen LogP contribution in [0.4, 0.5) is 5.69 Å². The first-order valence-corrected chi connectivity index (χ1v) is 5.62. The molecular formula is C13H22N2O. The van der Waals surface area contributed by atoms with Crippen molar-refractivity contribution >= 4 is 5.69 Å². The van der Waals surface area contributed by atoms with E-state index in [4.69, 9.17) is 10.8 Å². The van der Waals surface area contributed by atoms with E-state index in [0.29, 0.717) is 0 Å². The lowest BCUT2D eigenvalue weighted by Crippen LogP contribution is -2.43. The molecule has 0 spiro atoms. The first kappa shape index (κ1) is 13.0. The molecule has 0 radical (unpaired) electrons. The van der Waals surface area contributed by atoms with Gasteiger partial charge in [0.05, 0.1) is 6.61 Å². The molecule has 0 saturated carbocycles. The molecule has 0 aliphatic heterocycles. The van der Waals surface area contributed by atoms with Crippen LogP contribution in [0.25, 0.3) is 0 Å². The van der Waals surface area contributed by atoms with Crippen molar-refractivity contribution in [3.05, 3.63) is 29.8 Å². The molecule has 0 aliphatic carbocycles. The average Bonchev–Trinajstić information content (AvgIpc) is 2.27. The van der Waals surface area contributed by atoms with Gasteiger partial charge in [-0.05, 0) is 32.4 Å². The summed E-state index contributed by atoms with van der Waals surface area (Å²) in [6.45, 7) is 4.81. The van der Waals surface area contributed by atoms with Crippen molar-refractivity contribution in [2.75, 3.05) is 25.1 Å². The van der Waals surface area contributed by atoms with Gasteiger partial charge in [0.2, 0.25) is 0 Å². The van der Waals surface area contributed by atoms with Gasteiger partial charge in [0.25, 0.3) is 0 Å². The van der Waals surface area contributed by atoms with Gasteiger partial charge in [0, 0.05) is 24.8 Å². The van der Waals surface area contributed by atoms with Crippen molar-refractivity contribution in [2.45, 2.75) is 25.8 Å². The number of benzene rings is 1. The minimum absolute atomic E-state index is 0.0226. The molecule has 1 aromatic rings. The Labute approximate surface area is 97.9 Å². The summed E-state index contributed by atoms with van der Waals surface area (Å²) in [7, 11) is 2.04. The van der Waals surface area contributed by atoms with E-state index in [9.17, 15) is 0 Å². The van der Waals surface area contributed by atoms with E-state index in [1.54, 1.807) is 0 Å². The molecule has 90 valence electrons. The summed E-state index contributed by atoms with van der Waals surface area (Å²) in [5.74, 6) is 0. The number of aliphatic hydroxyl groups is 1. The molecule has 0 aromatic heterocycles. The van der Waals surface area contributed by atoms with Crippen LogP contribution in [-0.4, -0.2) is 30.8 Å². The zero-order valence-electron chi connectivity index (χ0n) is 10.4. The Morgan fingerprint density at radius 3 is 2.38 bits per heavy atom. The van der Waals surface area contributed by atoms with Crippen molar-refractivity contribution in [3.63, 3.8) is 0 Å². The Hall–Kier alpha value is -1.06. The molecule has 1 aromatic carbocycles. The van der Waals surface area contributed by atoms with Gasteiger partial charge in [0.1, 0.15) is 0 Å². The number of anilines is 1. The third kappa shape index (κ3) is 3.83. The number of hydrogen-bond donors (Lipinski definition) is 2. The van der Waals surface area contributed by atoms with Gasteiger partial charge in [-0.2, -0.15) is 0 Å². The Bertz CT molecular complexity index is 319. The summed E-state index contributed by atoms with van der Waals surface area (Å²) in [5, 5.41) is 9.07. The third-order valence-corrected chi connectivity index (χ3v) is 2.85. The number of aliphatic hydroxyl groups excluding tert-OH is 1. The average molecular weight is 222 g/mol. The van der Waals surface area contributed by atoms with Crippen LogP contribution >= 0.6 is 0 Å². The van der Waals surface area contributed by atoms with Crippen LogP contribution in [-0.2, 0) is 0 Å². The van der Waals surface area contributed by atoms with Gasteiger partial charge in [-0.1, -0.05) is 17.7 Å². The van der Waals surface area contributed by atoms with E-state index < -0.39 is 5.54 Å². The van der Waals surface area contributed by atoms with E-state index in [0.717, 1.165) is 13.0 Å². The maximum atomic E-state index is 9.07. The van der Waals surface area contributed by atoms with Crippen LogP contribution in [0.5, 0.6) is 0 Å². The molecular weight excluding hydrogens is 200 g/mol. The summed E-state index contributed by atoms with van der Waals surface area (Å²) < 4.78 is 0. The Kier molecular flexibility index (Phi) is 4.33. The summed E-state index contributed by atoms with van der Waals surface area (Å²) in [5.41, 5.74) is 7.84. The molecule has 1 rings (SSSR count). The van der Waals surface area contributed by atoms with Crippen LogP contribution in [0.2, 0.25) is 0 Å². The predicted octanol–water partition coefficient (Wildman–Crippen LogP) is 1.53. The molecule has 16 heavy (non-hydrogen) atoms. The van der Waals surface area contributed by atoms with E-state index in [1.165, 1.54) is 11.3 Å².